The van der Waals surface area contributed by atoms with Crippen molar-refractivity contribution < 1.29 is 17.6 Å². The second-order valence-corrected chi connectivity index (χ2v) is 9.35. The van der Waals surface area contributed by atoms with E-state index in [0.717, 1.165) is 5.56 Å². The number of hydrogen-bond acceptors (Lipinski definition) is 3. The molecule has 2 aromatic carbocycles. The Kier molecular flexibility index (Phi) is 6.37. The Labute approximate surface area is 169 Å². The minimum Gasteiger partial charge on any atom is -0.326 e. The molecular weight excluding hydrogens is 403 g/mol. The second kappa shape index (κ2) is 8.59. The molecule has 1 amide bonds. The Hall–Kier alpha value is -1.96. The van der Waals surface area contributed by atoms with Gasteiger partial charge in [-0.1, -0.05) is 35.9 Å². The molecule has 0 unspecified atom stereocenters. The van der Waals surface area contributed by atoms with Crippen molar-refractivity contribution in [3.63, 3.8) is 0 Å². The molecule has 1 aliphatic heterocycles. The number of rotatable bonds is 5. The Morgan fingerprint density at radius 1 is 1.21 bits per heavy atom. The largest absolute Gasteiger partial charge is 0.326 e. The molecule has 1 N–H and O–H groups in total. The van der Waals surface area contributed by atoms with Crippen molar-refractivity contribution in [1.29, 1.82) is 0 Å². The van der Waals surface area contributed by atoms with Crippen molar-refractivity contribution in [1.82, 2.24) is 4.31 Å². The van der Waals surface area contributed by atoms with Crippen molar-refractivity contribution in [2.45, 2.75) is 25.5 Å². The van der Waals surface area contributed by atoms with Gasteiger partial charge in [-0.05, 0) is 43.5 Å². The van der Waals surface area contributed by atoms with E-state index in [9.17, 15) is 17.6 Å². The molecule has 1 heterocycles. The number of halogens is 2. The highest BCUT2D eigenvalue weighted by molar-refractivity contribution is 7.88. The maximum atomic E-state index is 13.8. The zero-order valence-corrected chi connectivity index (χ0v) is 17.1. The van der Waals surface area contributed by atoms with Crippen LogP contribution in [0.3, 0.4) is 0 Å². The third kappa shape index (κ3) is 4.90. The van der Waals surface area contributed by atoms with Gasteiger partial charge in [-0.15, -0.1) is 0 Å². The van der Waals surface area contributed by atoms with E-state index in [2.05, 4.69) is 5.32 Å². The number of anilines is 1. The maximum absolute atomic E-state index is 13.8. The number of sulfonamides is 1. The van der Waals surface area contributed by atoms with Crippen LogP contribution in [-0.2, 0) is 20.6 Å². The Morgan fingerprint density at radius 2 is 1.89 bits per heavy atom. The summed E-state index contributed by atoms with van der Waals surface area (Å²) in [6, 6.07) is 11.2. The van der Waals surface area contributed by atoms with Gasteiger partial charge in [0, 0.05) is 35.3 Å². The van der Waals surface area contributed by atoms with E-state index >= 15 is 0 Å². The molecule has 1 fully saturated rings. The van der Waals surface area contributed by atoms with Crippen LogP contribution in [0.2, 0.25) is 5.02 Å². The predicted octanol–water partition coefficient (Wildman–Crippen LogP) is 3.97. The number of carbonyl (C=O) groups is 1. The maximum Gasteiger partial charge on any atom is 0.227 e. The Morgan fingerprint density at radius 3 is 2.54 bits per heavy atom. The van der Waals surface area contributed by atoms with Gasteiger partial charge in [-0.25, -0.2) is 17.1 Å². The lowest BCUT2D eigenvalue weighted by molar-refractivity contribution is -0.120. The fraction of sp³-hybridized carbons (Fsp3) is 0.350. The monoisotopic (exact) mass is 424 g/mol. The molecule has 0 radical (unpaired) electrons. The minimum atomic E-state index is -3.63. The number of benzene rings is 2. The fourth-order valence-corrected chi connectivity index (χ4v) is 4.97. The molecule has 0 aromatic heterocycles. The molecule has 0 bridgehead atoms. The molecular formula is C20H22ClFN2O3S. The summed E-state index contributed by atoms with van der Waals surface area (Å²) in [4.78, 5) is 12.5. The summed E-state index contributed by atoms with van der Waals surface area (Å²) in [7, 11) is -3.63. The van der Waals surface area contributed by atoms with Gasteiger partial charge in [-0.2, -0.15) is 0 Å². The number of amides is 1. The SMILES string of the molecule is Cc1ccc(NC(=O)C2CCN(S(=O)(=O)Cc3ccccc3F)CC2)cc1Cl. The molecule has 5 nitrogen and oxygen atoms in total. The molecule has 150 valence electrons. The summed E-state index contributed by atoms with van der Waals surface area (Å²) >= 11 is 6.08. The van der Waals surface area contributed by atoms with Crippen LogP contribution in [-0.4, -0.2) is 31.7 Å². The first-order valence-electron chi connectivity index (χ1n) is 9.04. The first-order valence-corrected chi connectivity index (χ1v) is 11.0. The third-order valence-electron chi connectivity index (χ3n) is 4.95. The minimum absolute atomic E-state index is 0.147. The lowest BCUT2D eigenvalue weighted by Gasteiger charge is -2.30. The van der Waals surface area contributed by atoms with Crippen molar-refractivity contribution in [3.05, 3.63) is 64.4 Å². The van der Waals surface area contributed by atoms with Crippen LogP contribution in [0.4, 0.5) is 10.1 Å². The summed E-state index contributed by atoms with van der Waals surface area (Å²) in [5, 5.41) is 3.42. The van der Waals surface area contributed by atoms with E-state index < -0.39 is 15.8 Å². The topological polar surface area (TPSA) is 66.5 Å². The van der Waals surface area contributed by atoms with Gasteiger partial charge >= 0.3 is 0 Å². The van der Waals surface area contributed by atoms with E-state index in [1.807, 2.05) is 13.0 Å². The van der Waals surface area contributed by atoms with Crippen molar-refractivity contribution in [3.8, 4) is 0 Å². The average Bonchev–Trinajstić information content (AvgIpc) is 2.66. The quantitative estimate of drug-likeness (QED) is 0.789. The van der Waals surface area contributed by atoms with Gasteiger partial charge in [0.05, 0.1) is 5.75 Å². The van der Waals surface area contributed by atoms with Crippen LogP contribution < -0.4 is 5.32 Å². The molecule has 28 heavy (non-hydrogen) atoms. The van der Waals surface area contributed by atoms with E-state index in [-0.39, 0.29) is 36.2 Å². The number of carbonyl (C=O) groups excluding carboxylic acids is 1. The Bertz CT molecular complexity index is 973. The van der Waals surface area contributed by atoms with Gasteiger partial charge in [0.15, 0.2) is 0 Å². The zero-order valence-electron chi connectivity index (χ0n) is 15.5. The van der Waals surface area contributed by atoms with E-state index in [4.69, 9.17) is 11.6 Å². The average molecular weight is 425 g/mol. The summed E-state index contributed by atoms with van der Waals surface area (Å²) in [6.07, 6.45) is 0.837. The highest BCUT2D eigenvalue weighted by Crippen LogP contribution is 2.25. The lowest BCUT2D eigenvalue weighted by atomic mass is 9.97. The molecule has 8 heteroatoms. The zero-order chi connectivity index (χ0) is 20.3. The highest BCUT2D eigenvalue weighted by Gasteiger charge is 2.31. The third-order valence-corrected chi connectivity index (χ3v) is 7.19. The molecule has 3 rings (SSSR count). The van der Waals surface area contributed by atoms with Gasteiger partial charge in [0.25, 0.3) is 0 Å². The summed E-state index contributed by atoms with van der Waals surface area (Å²) < 4.78 is 40.3. The molecule has 2 aromatic rings. The summed E-state index contributed by atoms with van der Waals surface area (Å²) in [5.41, 5.74) is 1.70. The van der Waals surface area contributed by atoms with E-state index in [0.29, 0.717) is 23.6 Å². The van der Waals surface area contributed by atoms with Gasteiger partial charge in [-0.3, -0.25) is 4.79 Å². The van der Waals surface area contributed by atoms with Crippen LogP contribution in [0, 0.1) is 18.7 Å². The van der Waals surface area contributed by atoms with Crippen LogP contribution in [0.25, 0.3) is 0 Å². The summed E-state index contributed by atoms with van der Waals surface area (Å²) in [5.74, 6) is -1.33. The standard InChI is InChI=1S/C20H22ClFN2O3S/c1-14-6-7-17(12-18(14)21)23-20(25)15-8-10-24(11-9-15)28(26,27)13-16-4-2-3-5-19(16)22/h2-7,12,15H,8-11,13H2,1H3,(H,23,25). The first kappa shape index (κ1) is 20.8. The highest BCUT2D eigenvalue weighted by atomic mass is 35.5. The lowest BCUT2D eigenvalue weighted by Crippen LogP contribution is -2.42. The summed E-state index contributed by atoms with van der Waals surface area (Å²) in [6.45, 7) is 2.36. The van der Waals surface area contributed by atoms with E-state index in [1.54, 1.807) is 18.2 Å². The molecule has 1 aliphatic rings. The molecule has 1 saturated heterocycles. The number of piperidine rings is 1. The smallest absolute Gasteiger partial charge is 0.227 e. The number of nitrogens with one attached hydrogen (secondary N) is 1. The van der Waals surface area contributed by atoms with Crippen molar-refractivity contribution >= 4 is 33.2 Å². The molecule has 0 aliphatic carbocycles. The van der Waals surface area contributed by atoms with Crippen LogP contribution in [0.15, 0.2) is 42.5 Å². The number of hydrogen-bond donors (Lipinski definition) is 1. The van der Waals surface area contributed by atoms with Crippen LogP contribution in [0.5, 0.6) is 0 Å². The molecule has 0 spiro atoms. The van der Waals surface area contributed by atoms with Gasteiger partial charge in [0.2, 0.25) is 15.9 Å². The normalized spacial score (nSPS) is 16.1. The predicted molar refractivity (Wildman–Crippen MR) is 108 cm³/mol. The Balaban J connectivity index is 1.58. The second-order valence-electron chi connectivity index (χ2n) is 6.97. The van der Waals surface area contributed by atoms with Gasteiger partial charge in [0.1, 0.15) is 5.82 Å². The van der Waals surface area contributed by atoms with Crippen LogP contribution in [0.1, 0.15) is 24.0 Å². The molecule has 0 saturated carbocycles. The van der Waals surface area contributed by atoms with E-state index in [1.165, 1.54) is 22.5 Å². The van der Waals surface area contributed by atoms with Crippen molar-refractivity contribution in [2.24, 2.45) is 5.92 Å². The first-order chi connectivity index (χ1) is 13.3. The molecule has 0 atom stereocenters. The fourth-order valence-electron chi connectivity index (χ4n) is 3.21. The number of nitrogens with zero attached hydrogens (tertiary/aromatic N) is 1. The number of aryl methyl sites for hydroxylation is 1. The van der Waals surface area contributed by atoms with Crippen LogP contribution >= 0.6 is 11.6 Å². The van der Waals surface area contributed by atoms with Gasteiger partial charge < -0.3 is 5.32 Å². The van der Waals surface area contributed by atoms with Crippen molar-refractivity contribution in [2.75, 3.05) is 18.4 Å².